The van der Waals surface area contributed by atoms with Gasteiger partial charge in [-0.3, -0.25) is 9.48 Å². The van der Waals surface area contributed by atoms with Crippen LogP contribution in [0.1, 0.15) is 12.8 Å². The van der Waals surface area contributed by atoms with E-state index in [4.69, 9.17) is 4.74 Å². The van der Waals surface area contributed by atoms with Crippen molar-refractivity contribution in [2.45, 2.75) is 24.6 Å². The number of rotatable bonds is 5. The van der Waals surface area contributed by atoms with Crippen molar-refractivity contribution in [2.24, 2.45) is 0 Å². The molecule has 1 amide bonds. The van der Waals surface area contributed by atoms with E-state index in [-0.39, 0.29) is 11.7 Å². The van der Waals surface area contributed by atoms with E-state index in [9.17, 15) is 18.0 Å². The van der Waals surface area contributed by atoms with E-state index in [1.54, 1.807) is 29.2 Å². The molecule has 0 spiro atoms. The number of anilines is 1. The van der Waals surface area contributed by atoms with Crippen LogP contribution in [0.5, 0.6) is 5.75 Å². The van der Waals surface area contributed by atoms with Crippen LogP contribution in [0.3, 0.4) is 0 Å². The van der Waals surface area contributed by atoms with Crippen LogP contribution in [0, 0.1) is 0 Å². The lowest BCUT2D eigenvalue weighted by Gasteiger charge is -2.36. The molecule has 3 rings (SSSR count). The zero-order chi connectivity index (χ0) is 18.6. The molecular formula is C17H19F3N4O2. The maximum absolute atomic E-state index is 13.0. The number of ether oxygens (including phenoxy) is 1. The fourth-order valence-electron chi connectivity index (χ4n) is 3.00. The first-order valence-corrected chi connectivity index (χ1v) is 8.21. The van der Waals surface area contributed by atoms with Gasteiger partial charge in [0.05, 0.1) is 0 Å². The summed E-state index contributed by atoms with van der Waals surface area (Å²) in [5.41, 5.74) is -0.461. The Hall–Kier alpha value is -2.55. The highest BCUT2D eigenvalue weighted by Gasteiger charge is 2.42. The highest BCUT2D eigenvalue weighted by atomic mass is 19.4. The third-order valence-corrected chi connectivity index (χ3v) is 4.29. The molecule has 0 atom stereocenters. The summed E-state index contributed by atoms with van der Waals surface area (Å²) in [5, 5.41) is 10.2. The Labute approximate surface area is 148 Å². The van der Waals surface area contributed by atoms with E-state index >= 15 is 0 Å². The van der Waals surface area contributed by atoms with E-state index in [1.165, 1.54) is 18.2 Å². The smallest absolute Gasteiger partial charge is 0.422 e. The molecule has 140 valence electrons. The molecule has 1 aromatic heterocycles. The third-order valence-electron chi connectivity index (χ3n) is 4.29. The SMILES string of the molecule is O=C(Nc1cccc(OCC(F)(F)F)c1)C1(n2cccn2)CCNCC1. The largest absolute Gasteiger partial charge is 0.484 e. The Kier molecular flexibility index (Phi) is 5.17. The van der Waals surface area contributed by atoms with Crippen LogP contribution in [0.4, 0.5) is 18.9 Å². The second kappa shape index (κ2) is 7.36. The summed E-state index contributed by atoms with van der Waals surface area (Å²) in [4.78, 5) is 13.0. The molecule has 6 nitrogen and oxygen atoms in total. The van der Waals surface area contributed by atoms with Crippen LogP contribution in [-0.2, 0) is 10.3 Å². The average molecular weight is 368 g/mol. The Morgan fingerprint density at radius 3 is 2.73 bits per heavy atom. The molecule has 0 unspecified atom stereocenters. The molecule has 9 heteroatoms. The van der Waals surface area contributed by atoms with Crippen molar-refractivity contribution in [2.75, 3.05) is 25.0 Å². The summed E-state index contributed by atoms with van der Waals surface area (Å²) in [6.45, 7) is -0.0443. The molecule has 2 aromatic rings. The van der Waals surface area contributed by atoms with Crippen LogP contribution in [0.25, 0.3) is 0 Å². The van der Waals surface area contributed by atoms with Gasteiger partial charge in [-0.1, -0.05) is 6.07 Å². The fraction of sp³-hybridized carbons (Fsp3) is 0.412. The molecule has 0 bridgehead atoms. The number of carbonyl (C=O) groups is 1. The number of nitrogens with zero attached hydrogens (tertiary/aromatic N) is 2. The van der Waals surface area contributed by atoms with Gasteiger partial charge in [0.1, 0.15) is 11.3 Å². The molecule has 26 heavy (non-hydrogen) atoms. The molecular weight excluding hydrogens is 349 g/mol. The lowest BCUT2D eigenvalue weighted by Crippen LogP contribution is -2.52. The van der Waals surface area contributed by atoms with Gasteiger partial charge in [0, 0.05) is 24.1 Å². The van der Waals surface area contributed by atoms with Gasteiger partial charge in [-0.05, 0) is 44.1 Å². The van der Waals surface area contributed by atoms with Gasteiger partial charge in [0.15, 0.2) is 6.61 Å². The fourth-order valence-corrected chi connectivity index (χ4v) is 3.00. The first kappa shape index (κ1) is 18.2. The standard InChI is InChI=1S/C17H19F3N4O2/c18-17(19,20)12-26-14-4-1-3-13(11-14)23-15(25)16(5-8-21-9-6-16)24-10-2-7-22-24/h1-4,7,10-11,21H,5-6,8-9,12H2,(H,23,25). The Balaban J connectivity index is 1.76. The number of halogens is 3. The topological polar surface area (TPSA) is 68.2 Å². The summed E-state index contributed by atoms with van der Waals surface area (Å²) in [7, 11) is 0. The zero-order valence-electron chi connectivity index (χ0n) is 13.9. The van der Waals surface area contributed by atoms with Gasteiger partial charge < -0.3 is 15.4 Å². The molecule has 1 aliphatic heterocycles. The Bertz CT molecular complexity index is 741. The highest BCUT2D eigenvalue weighted by Crippen LogP contribution is 2.29. The minimum absolute atomic E-state index is 0.0403. The summed E-state index contributed by atoms with van der Waals surface area (Å²) in [6.07, 6.45) is 0.0600. The van der Waals surface area contributed by atoms with Crippen molar-refractivity contribution in [3.05, 3.63) is 42.7 Å². The molecule has 1 aliphatic rings. The van der Waals surface area contributed by atoms with Crippen molar-refractivity contribution < 1.29 is 22.7 Å². The van der Waals surface area contributed by atoms with E-state index < -0.39 is 18.3 Å². The van der Waals surface area contributed by atoms with Crippen LogP contribution in [-0.4, -0.2) is 41.6 Å². The van der Waals surface area contributed by atoms with Gasteiger partial charge in [0.25, 0.3) is 5.91 Å². The Morgan fingerprint density at radius 2 is 2.08 bits per heavy atom. The van der Waals surface area contributed by atoms with Crippen molar-refractivity contribution in [1.29, 1.82) is 0 Å². The number of benzene rings is 1. The van der Waals surface area contributed by atoms with E-state index in [0.29, 0.717) is 31.6 Å². The summed E-state index contributed by atoms with van der Waals surface area (Å²) in [5.74, 6) is -0.214. The summed E-state index contributed by atoms with van der Waals surface area (Å²) in [6, 6.07) is 7.68. The molecule has 1 saturated heterocycles. The molecule has 0 saturated carbocycles. The lowest BCUT2D eigenvalue weighted by atomic mass is 9.87. The van der Waals surface area contributed by atoms with Crippen molar-refractivity contribution in [3.8, 4) is 5.75 Å². The van der Waals surface area contributed by atoms with E-state index in [1.807, 2.05) is 0 Å². The number of aromatic nitrogens is 2. The summed E-state index contributed by atoms with van der Waals surface area (Å²) < 4.78 is 43.3. The minimum Gasteiger partial charge on any atom is -0.484 e. The van der Waals surface area contributed by atoms with Crippen LogP contribution < -0.4 is 15.4 Å². The number of alkyl halides is 3. The second-order valence-electron chi connectivity index (χ2n) is 6.12. The monoisotopic (exact) mass is 368 g/mol. The number of hydrogen-bond acceptors (Lipinski definition) is 4. The summed E-state index contributed by atoms with van der Waals surface area (Å²) >= 11 is 0. The second-order valence-corrected chi connectivity index (χ2v) is 6.12. The van der Waals surface area contributed by atoms with Crippen LogP contribution in [0.2, 0.25) is 0 Å². The van der Waals surface area contributed by atoms with Gasteiger partial charge >= 0.3 is 6.18 Å². The predicted molar refractivity (Wildman–Crippen MR) is 88.9 cm³/mol. The normalized spacial score (nSPS) is 16.9. The average Bonchev–Trinajstić information content (AvgIpc) is 3.15. The lowest BCUT2D eigenvalue weighted by molar-refractivity contribution is -0.153. The highest BCUT2D eigenvalue weighted by molar-refractivity contribution is 5.96. The van der Waals surface area contributed by atoms with Crippen LogP contribution >= 0.6 is 0 Å². The Morgan fingerprint density at radius 1 is 1.31 bits per heavy atom. The van der Waals surface area contributed by atoms with Crippen molar-refractivity contribution in [3.63, 3.8) is 0 Å². The number of nitrogens with one attached hydrogen (secondary N) is 2. The van der Waals surface area contributed by atoms with E-state index in [2.05, 4.69) is 15.7 Å². The van der Waals surface area contributed by atoms with Crippen LogP contribution in [0.15, 0.2) is 42.7 Å². The number of piperidine rings is 1. The first-order chi connectivity index (χ1) is 12.4. The van der Waals surface area contributed by atoms with Crippen molar-refractivity contribution in [1.82, 2.24) is 15.1 Å². The maximum atomic E-state index is 13.0. The predicted octanol–water partition coefficient (Wildman–Crippen LogP) is 2.54. The number of carbonyl (C=O) groups excluding carboxylic acids is 1. The van der Waals surface area contributed by atoms with Gasteiger partial charge in [-0.25, -0.2) is 0 Å². The minimum atomic E-state index is -4.42. The molecule has 0 radical (unpaired) electrons. The molecule has 1 aromatic carbocycles. The maximum Gasteiger partial charge on any atom is 0.422 e. The van der Waals surface area contributed by atoms with Gasteiger partial charge in [0.2, 0.25) is 0 Å². The van der Waals surface area contributed by atoms with Gasteiger partial charge in [-0.15, -0.1) is 0 Å². The molecule has 0 aliphatic carbocycles. The zero-order valence-corrected chi connectivity index (χ0v) is 13.9. The third kappa shape index (κ3) is 4.16. The molecule has 2 heterocycles. The number of hydrogen-bond donors (Lipinski definition) is 2. The first-order valence-electron chi connectivity index (χ1n) is 8.21. The van der Waals surface area contributed by atoms with E-state index in [0.717, 1.165) is 0 Å². The van der Waals surface area contributed by atoms with Crippen molar-refractivity contribution >= 4 is 11.6 Å². The van der Waals surface area contributed by atoms with Gasteiger partial charge in [-0.2, -0.15) is 18.3 Å². The quantitative estimate of drug-likeness (QED) is 0.851. The number of amides is 1. The molecule has 1 fully saturated rings. The molecule has 2 N–H and O–H groups in total.